The van der Waals surface area contributed by atoms with Gasteiger partial charge in [0.1, 0.15) is 5.75 Å². The van der Waals surface area contributed by atoms with E-state index in [1.54, 1.807) is 18.2 Å². The van der Waals surface area contributed by atoms with Crippen molar-refractivity contribution in [3.8, 4) is 5.75 Å². The molecule has 2 atom stereocenters. The number of halogens is 2. The highest BCUT2D eigenvalue weighted by Crippen LogP contribution is 2.37. The number of alkyl halides is 2. The quantitative estimate of drug-likeness (QED) is 0.836. The summed E-state index contributed by atoms with van der Waals surface area (Å²) < 4.78 is 29.0. The molecule has 5 heteroatoms. The standard InChI is InChI=1S/C15H22F2N2O/c1-10(19(2)14(9-18)11-6-7-11)12-4-3-5-13(8-12)20-15(16)17/h3-5,8,10-11,14-15H,6-7,9,18H2,1-2H3. The summed E-state index contributed by atoms with van der Waals surface area (Å²) in [6.45, 7) is -0.104. The van der Waals surface area contributed by atoms with E-state index in [1.165, 1.54) is 12.8 Å². The van der Waals surface area contributed by atoms with Crippen LogP contribution in [0, 0.1) is 5.92 Å². The number of hydrogen-bond donors (Lipinski definition) is 1. The van der Waals surface area contributed by atoms with Crippen LogP contribution >= 0.6 is 0 Å². The summed E-state index contributed by atoms with van der Waals surface area (Å²) >= 11 is 0. The molecule has 1 saturated carbocycles. The molecule has 0 spiro atoms. The Morgan fingerprint density at radius 1 is 1.40 bits per heavy atom. The van der Waals surface area contributed by atoms with Crippen molar-refractivity contribution < 1.29 is 13.5 Å². The summed E-state index contributed by atoms with van der Waals surface area (Å²) in [5.74, 6) is 0.876. The largest absolute Gasteiger partial charge is 0.435 e. The third-order valence-corrected chi connectivity index (χ3v) is 4.11. The molecule has 1 aliphatic rings. The first-order valence-electron chi connectivity index (χ1n) is 6.99. The number of nitrogens with zero attached hydrogens (tertiary/aromatic N) is 1. The highest BCUT2D eigenvalue weighted by Gasteiger charge is 2.34. The van der Waals surface area contributed by atoms with Gasteiger partial charge in [0, 0.05) is 18.6 Å². The summed E-state index contributed by atoms with van der Waals surface area (Å²) in [7, 11) is 2.04. The van der Waals surface area contributed by atoms with Gasteiger partial charge in [-0.2, -0.15) is 8.78 Å². The summed E-state index contributed by atoms with van der Waals surface area (Å²) in [4.78, 5) is 2.24. The predicted molar refractivity (Wildman–Crippen MR) is 74.8 cm³/mol. The van der Waals surface area contributed by atoms with Crippen LogP contribution in [0.2, 0.25) is 0 Å². The van der Waals surface area contributed by atoms with Crippen LogP contribution in [0.5, 0.6) is 5.75 Å². The lowest BCUT2D eigenvalue weighted by Crippen LogP contribution is -2.41. The normalized spacial score (nSPS) is 18.4. The first kappa shape index (κ1) is 15.2. The molecule has 3 nitrogen and oxygen atoms in total. The van der Waals surface area contributed by atoms with E-state index < -0.39 is 6.61 Å². The number of hydrogen-bond acceptors (Lipinski definition) is 3. The van der Waals surface area contributed by atoms with E-state index in [1.807, 2.05) is 13.1 Å². The molecule has 1 fully saturated rings. The smallest absolute Gasteiger partial charge is 0.387 e. The molecule has 1 aromatic rings. The van der Waals surface area contributed by atoms with Crippen molar-refractivity contribution in [1.82, 2.24) is 4.90 Å². The minimum atomic E-state index is -2.79. The van der Waals surface area contributed by atoms with Gasteiger partial charge in [0.15, 0.2) is 0 Å². The number of rotatable bonds is 7. The van der Waals surface area contributed by atoms with Gasteiger partial charge in [-0.15, -0.1) is 0 Å². The summed E-state index contributed by atoms with van der Waals surface area (Å²) in [6, 6.07) is 7.36. The van der Waals surface area contributed by atoms with Gasteiger partial charge in [-0.05, 0) is 50.4 Å². The SMILES string of the molecule is CC(c1cccc(OC(F)F)c1)N(C)C(CN)C1CC1. The number of likely N-dealkylation sites (N-methyl/N-ethyl adjacent to an activating group) is 1. The molecule has 2 N–H and O–H groups in total. The minimum Gasteiger partial charge on any atom is -0.435 e. The molecular weight excluding hydrogens is 262 g/mol. The lowest BCUT2D eigenvalue weighted by Gasteiger charge is -2.33. The topological polar surface area (TPSA) is 38.5 Å². The molecule has 112 valence electrons. The van der Waals surface area contributed by atoms with Crippen LogP contribution in [-0.2, 0) is 0 Å². The second kappa shape index (κ2) is 6.50. The molecule has 0 aromatic heterocycles. The molecule has 0 bridgehead atoms. The van der Waals surface area contributed by atoms with Crippen molar-refractivity contribution in [2.45, 2.75) is 38.5 Å². The van der Waals surface area contributed by atoms with E-state index in [0.29, 0.717) is 18.5 Å². The fourth-order valence-electron chi connectivity index (χ4n) is 2.65. The molecule has 2 unspecified atom stereocenters. The number of ether oxygens (including phenoxy) is 1. The first-order chi connectivity index (χ1) is 9.52. The van der Waals surface area contributed by atoms with Gasteiger partial charge in [-0.3, -0.25) is 4.90 Å². The molecule has 0 aliphatic heterocycles. The molecule has 0 saturated heterocycles. The Morgan fingerprint density at radius 3 is 2.65 bits per heavy atom. The van der Waals surface area contributed by atoms with Crippen molar-refractivity contribution in [3.63, 3.8) is 0 Å². The van der Waals surface area contributed by atoms with E-state index in [2.05, 4.69) is 16.6 Å². The Labute approximate surface area is 118 Å². The van der Waals surface area contributed by atoms with Crippen molar-refractivity contribution in [2.24, 2.45) is 11.7 Å². The molecule has 2 rings (SSSR count). The zero-order chi connectivity index (χ0) is 14.7. The van der Waals surface area contributed by atoms with Gasteiger partial charge in [-0.25, -0.2) is 0 Å². The maximum Gasteiger partial charge on any atom is 0.387 e. The number of nitrogens with two attached hydrogens (primary N) is 1. The van der Waals surface area contributed by atoms with Crippen molar-refractivity contribution in [3.05, 3.63) is 29.8 Å². The summed E-state index contributed by atoms with van der Waals surface area (Å²) in [5.41, 5.74) is 6.82. The highest BCUT2D eigenvalue weighted by atomic mass is 19.3. The van der Waals surface area contributed by atoms with Crippen LogP contribution in [0.4, 0.5) is 8.78 Å². The van der Waals surface area contributed by atoms with Gasteiger partial charge in [0.25, 0.3) is 0 Å². The van der Waals surface area contributed by atoms with E-state index in [4.69, 9.17) is 5.73 Å². The van der Waals surface area contributed by atoms with Crippen molar-refractivity contribution >= 4 is 0 Å². The average molecular weight is 284 g/mol. The van der Waals surface area contributed by atoms with Crippen LogP contribution < -0.4 is 10.5 Å². The minimum absolute atomic E-state index is 0.116. The third kappa shape index (κ3) is 3.67. The lowest BCUT2D eigenvalue weighted by molar-refractivity contribution is -0.0499. The highest BCUT2D eigenvalue weighted by molar-refractivity contribution is 5.30. The Bertz CT molecular complexity index is 438. The maximum atomic E-state index is 12.3. The Morgan fingerprint density at radius 2 is 2.10 bits per heavy atom. The zero-order valence-electron chi connectivity index (χ0n) is 11.9. The van der Waals surface area contributed by atoms with E-state index in [0.717, 1.165) is 5.56 Å². The van der Waals surface area contributed by atoms with Crippen molar-refractivity contribution in [2.75, 3.05) is 13.6 Å². The second-order valence-electron chi connectivity index (χ2n) is 5.43. The van der Waals surface area contributed by atoms with Crippen LogP contribution in [0.25, 0.3) is 0 Å². The Balaban J connectivity index is 2.09. The molecule has 0 radical (unpaired) electrons. The van der Waals surface area contributed by atoms with Gasteiger partial charge in [0.05, 0.1) is 0 Å². The van der Waals surface area contributed by atoms with Crippen molar-refractivity contribution in [1.29, 1.82) is 0 Å². The van der Waals surface area contributed by atoms with Crippen LogP contribution in [0.1, 0.15) is 31.4 Å². The summed E-state index contributed by atoms with van der Waals surface area (Å²) in [5, 5.41) is 0. The lowest BCUT2D eigenvalue weighted by atomic mass is 10.0. The molecular formula is C15H22F2N2O. The van der Waals surface area contributed by atoms with Gasteiger partial charge in [0.2, 0.25) is 0 Å². The Kier molecular flexibility index (Phi) is 4.94. The average Bonchev–Trinajstić information content (AvgIpc) is 3.22. The number of benzene rings is 1. The first-order valence-corrected chi connectivity index (χ1v) is 6.99. The second-order valence-corrected chi connectivity index (χ2v) is 5.43. The monoisotopic (exact) mass is 284 g/mol. The van der Waals surface area contributed by atoms with Crippen LogP contribution in [0.3, 0.4) is 0 Å². The molecule has 1 aromatic carbocycles. The molecule has 0 heterocycles. The van der Waals surface area contributed by atoms with E-state index >= 15 is 0 Å². The summed E-state index contributed by atoms with van der Waals surface area (Å²) in [6.07, 6.45) is 2.46. The zero-order valence-corrected chi connectivity index (χ0v) is 11.9. The van der Waals surface area contributed by atoms with E-state index in [-0.39, 0.29) is 11.8 Å². The van der Waals surface area contributed by atoms with Gasteiger partial charge >= 0.3 is 6.61 Å². The van der Waals surface area contributed by atoms with E-state index in [9.17, 15) is 8.78 Å². The fourth-order valence-corrected chi connectivity index (χ4v) is 2.65. The molecule has 0 amide bonds. The van der Waals surface area contributed by atoms with Gasteiger partial charge < -0.3 is 10.5 Å². The fraction of sp³-hybridized carbons (Fsp3) is 0.600. The predicted octanol–water partition coefficient (Wildman–Crippen LogP) is 3.02. The maximum absolute atomic E-state index is 12.3. The van der Waals surface area contributed by atoms with Crippen LogP contribution in [0.15, 0.2) is 24.3 Å². The van der Waals surface area contributed by atoms with Crippen LogP contribution in [-0.4, -0.2) is 31.1 Å². The van der Waals surface area contributed by atoms with Gasteiger partial charge in [-0.1, -0.05) is 12.1 Å². The molecule has 20 heavy (non-hydrogen) atoms. The molecule has 1 aliphatic carbocycles. The Hall–Kier alpha value is -1.20. The third-order valence-electron chi connectivity index (χ3n) is 4.11.